The van der Waals surface area contributed by atoms with Gasteiger partial charge in [0.25, 0.3) is 5.91 Å². The van der Waals surface area contributed by atoms with Crippen LogP contribution in [0.2, 0.25) is 0 Å². The minimum atomic E-state index is -0.864. The number of carbonyl (C=O) groups is 3. The molecule has 0 bridgehead atoms. The van der Waals surface area contributed by atoms with Crippen LogP contribution >= 0.6 is 0 Å². The normalized spacial score (nSPS) is 28.1. The molecular weight excluding hydrogens is 385 g/mol. The fourth-order valence-corrected chi connectivity index (χ4v) is 5.44. The van der Waals surface area contributed by atoms with E-state index in [1.54, 1.807) is 12.1 Å². The molecule has 3 aliphatic rings. The summed E-state index contributed by atoms with van der Waals surface area (Å²) in [4.78, 5) is 39.6. The summed E-state index contributed by atoms with van der Waals surface area (Å²) in [6, 6.07) is 5.47. The van der Waals surface area contributed by atoms with Crippen molar-refractivity contribution in [3.05, 3.63) is 35.6 Å². The van der Waals surface area contributed by atoms with Crippen molar-refractivity contribution in [1.82, 2.24) is 15.5 Å². The minimum Gasteiger partial charge on any atom is -0.347 e. The van der Waals surface area contributed by atoms with E-state index in [1.165, 1.54) is 12.1 Å². The first kappa shape index (κ1) is 20.8. The summed E-state index contributed by atoms with van der Waals surface area (Å²) in [5.74, 6) is -0.635. The number of imide groups is 1. The van der Waals surface area contributed by atoms with Gasteiger partial charge in [0.05, 0.1) is 6.04 Å². The lowest BCUT2D eigenvalue weighted by Gasteiger charge is -2.36. The lowest BCUT2D eigenvalue weighted by atomic mass is 9.73. The maximum absolute atomic E-state index is 13.4. The van der Waals surface area contributed by atoms with Gasteiger partial charge in [-0.1, -0.05) is 44.7 Å². The molecule has 6 nitrogen and oxygen atoms in total. The quantitative estimate of drug-likeness (QED) is 0.720. The molecule has 0 aromatic heterocycles. The third-order valence-corrected chi connectivity index (χ3v) is 7.22. The zero-order valence-electron chi connectivity index (χ0n) is 17.5. The number of carbonyl (C=O) groups excluding carboxylic acids is 3. The molecule has 3 fully saturated rings. The van der Waals surface area contributed by atoms with Gasteiger partial charge in [0.15, 0.2) is 0 Å². The van der Waals surface area contributed by atoms with Crippen molar-refractivity contribution in [1.29, 1.82) is 0 Å². The topological polar surface area (TPSA) is 78.5 Å². The number of nitrogens with one attached hydrogen (secondary N) is 2. The Morgan fingerprint density at radius 1 is 1.17 bits per heavy atom. The minimum absolute atomic E-state index is 0.0567. The molecule has 0 unspecified atom stereocenters. The van der Waals surface area contributed by atoms with Gasteiger partial charge in [0.2, 0.25) is 5.91 Å². The van der Waals surface area contributed by atoms with Gasteiger partial charge in [-0.05, 0) is 55.2 Å². The maximum atomic E-state index is 13.4. The Morgan fingerprint density at radius 2 is 1.83 bits per heavy atom. The van der Waals surface area contributed by atoms with Crippen LogP contribution in [0.1, 0.15) is 69.9 Å². The van der Waals surface area contributed by atoms with Gasteiger partial charge in [-0.2, -0.15) is 0 Å². The van der Waals surface area contributed by atoms with Gasteiger partial charge in [-0.3, -0.25) is 14.5 Å². The van der Waals surface area contributed by atoms with Crippen molar-refractivity contribution in [2.24, 2.45) is 11.8 Å². The highest BCUT2D eigenvalue weighted by molar-refractivity contribution is 6.09. The molecule has 1 aromatic carbocycles. The van der Waals surface area contributed by atoms with Crippen LogP contribution in [0.5, 0.6) is 0 Å². The lowest BCUT2D eigenvalue weighted by molar-refractivity contribution is -0.137. The van der Waals surface area contributed by atoms with E-state index in [0.717, 1.165) is 55.4 Å². The Labute approximate surface area is 176 Å². The molecule has 2 aliphatic carbocycles. The first-order chi connectivity index (χ1) is 14.4. The number of hydrogen-bond acceptors (Lipinski definition) is 3. The Kier molecular flexibility index (Phi) is 5.80. The first-order valence-corrected chi connectivity index (χ1v) is 11.1. The van der Waals surface area contributed by atoms with Crippen molar-refractivity contribution in [3.63, 3.8) is 0 Å². The van der Waals surface area contributed by atoms with E-state index in [1.807, 2.05) is 6.92 Å². The van der Waals surface area contributed by atoms with Gasteiger partial charge in [0.1, 0.15) is 17.9 Å². The van der Waals surface area contributed by atoms with E-state index < -0.39 is 11.6 Å². The molecule has 7 heteroatoms. The lowest BCUT2D eigenvalue weighted by Crippen LogP contribution is -2.54. The van der Waals surface area contributed by atoms with E-state index >= 15 is 0 Å². The van der Waals surface area contributed by atoms with Crippen LogP contribution in [-0.2, 0) is 9.59 Å². The highest BCUT2D eigenvalue weighted by atomic mass is 19.1. The summed E-state index contributed by atoms with van der Waals surface area (Å²) >= 11 is 0. The Morgan fingerprint density at radius 3 is 2.50 bits per heavy atom. The average molecular weight is 416 g/mol. The fraction of sp³-hybridized carbons (Fsp3) is 0.609. The van der Waals surface area contributed by atoms with E-state index in [0.29, 0.717) is 6.42 Å². The monoisotopic (exact) mass is 415 g/mol. The summed E-state index contributed by atoms with van der Waals surface area (Å²) < 4.78 is 13.4. The summed E-state index contributed by atoms with van der Waals surface area (Å²) in [6.45, 7) is 1.70. The molecule has 3 atom stereocenters. The molecule has 1 aromatic rings. The van der Waals surface area contributed by atoms with Crippen molar-refractivity contribution in [3.8, 4) is 0 Å². The van der Waals surface area contributed by atoms with Crippen LogP contribution in [0.4, 0.5) is 9.18 Å². The predicted molar refractivity (Wildman–Crippen MR) is 110 cm³/mol. The molecule has 2 N–H and O–H groups in total. The molecule has 0 radical (unpaired) electrons. The van der Waals surface area contributed by atoms with E-state index in [2.05, 4.69) is 10.6 Å². The van der Waals surface area contributed by atoms with E-state index in [4.69, 9.17) is 0 Å². The van der Waals surface area contributed by atoms with Gasteiger partial charge < -0.3 is 10.6 Å². The zero-order chi connectivity index (χ0) is 21.3. The molecule has 4 amide bonds. The summed E-state index contributed by atoms with van der Waals surface area (Å²) in [5, 5.41) is 5.92. The van der Waals surface area contributed by atoms with Gasteiger partial charge in [-0.15, -0.1) is 0 Å². The molecule has 1 aliphatic heterocycles. The summed E-state index contributed by atoms with van der Waals surface area (Å²) in [6.07, 6.45) is 7.64. The van der Waals surface area contributed by atoms with Gasteiger partial charge in [0, 0.05) is 0 Å². The average Bonchev–Trinajstić information content (AvgIpc) is 3.33. The van der Waals surface area contributed by atoms with Crippen molar-refractivity contribution >= 4 is 17.8 Å². The third-order valence-electron chi connectivity index (χ3n) is 7.22. The second-order valence-corrected chi connectivity index (χ2v) is 9.08. The molecule has 4 rings (SSSR count). The summed E-state index contributed by atoms with van der Waals surface area (Å²) in [7, 11) is 0. The highest BCUT2D eigenvalue weighted by Gasteiger charge is 2.55. The number of urea groups is 1. The molecule has 162 valence electrons. The molecule has 1 heterocycles. The number of hydrogen-bond donors (Lipinski definition) is 2. The Hall–Kier alpha value is -2.44. The van der Waals surface area contributed by atoms with Crippen LogP contribution < -0.4 is 10.6 Å². The molecule has 1 spiro atoms. The molecule has 1 saturated heterocycles. The Balaban J connectivity index is 1.47. The van der Waals surface area contributed by atoms with Crippen molar-refractivity contribution in [2.75, 3.05) is 6.54 Å². The smallest absolute Gasteiger partial charge is 0.325 e. The maximum Gasteiger partial charge on any atom is 0.325 e. The van der Waals surface area contributed by atoms with Gasteiger partial charge in [-0.25, -0.2) is 9.18 Å². The number of halogens is 1. The number of nitrogens with zero attached hydrogens (tertiary/aromatic N) is 1. The number of benzene rings is 1. The molecule has 2 saturated carbocycles. The van der Waals surface area contributed by atoms with Crippen LogP contribution in [-0.4, -0.2) is 34.8 Å². The van der Waals surface area contributed by atoms with Crippen molar-refractivity contribution in [2.45, 2.75) is 69.9 Å². The van der Waals surface area contributed by atoms with Crippen molar-refractivity contribution < 1.29 is 18.8 Å². The van der Waals surface area contributed by atoms with E-state index in [9.17, 15) is 18.8 Å². The fourth-order valence-electron chi connectivity index (χ4n) is 5.44. The second kappa shape index (κ2) is 8.36. The zero-order valence-corrected chi connectivity index (χ0v) is 17.5. The Bertz CT molecular complexity index is 821. The molecule has 30 heavy (non-hydrogen) atoms. The predicted octanol–water partition coefficient (Wildman–Crippen LogP) is 3.67. The third kappa shape index (κ3) is 3.82. The van der Waals surface area contributed by atoms with Crippen LogP contribution in [0, 0.1) is 17.7 Å². The SMILES string of the molecule is C[C@@H]1CCCC[C@@]12NC(=O)N(CC(=O)N[C@@H](c1ccc(F)cc1)C1CCCC1)C2=O. The van der Waals surface area contributed by atoms with Crippen LogP contribution in [0.3, 0.4) is 0 Å². The standard InChI is InChI=1S/C23H30FN3O3/c1-15-6-4-5-13-23(15)21(29)27(22(30)26-23)14-19(28)25-20(16-7-2-3-8-16)17-9-11-18(24)12-10-17/h9-12,15-16,20H,2-8,13-14H2,1H3,(H,25,28)(H,26,30)/t15-,20-,23-/m1/s1. The molecular formula is C23H30FN3O3. The van der Waals surface area contributed by atoms with E-state index in [-0.39, 0.29) is 42.1 Å². The van der Waals surface area contributed by atoms with Crippen LogP contribution in [0.15, 0.2) is 24.3 Å². The summed E-state index contributed by atoms with van der Waals surface area (Å²) in [5.41, 5.74) is -0.0107. The number of rotatable bonds is 5. The largest absolute Gasteiger partial charge is 0.347 e. The second-order valence-electron chi connectivity index (χ2n) is 9.08. The highest BCUT2D eigenvalue weighted by Crippen LogP contribution is 2.38. The van der Waals surface area contributed by atoms with Crippen LogP contribution in [0.25, 0.3) is 0 Å². The van der Waals surface area contributed by atoms with Gasteiger partial charge >= 0.3 is 6.03 Å². The first-order valence-electron chi connectivity index (χ1n) is 11.1. The number of amides is 4.